The summed E-state index contributed by atoms with van der Waals surface area (Å²) in [5.41, 5.74) is 1.11. The monoisotopic (exact) mass is 204 g/mol. The van der Waals surface area contributed by atoms with Crippen LogP contribution in [0.1, 0.15) is 31.9 Å². The zero-order valence-electron chi connectivity index (χ0n) is 9.14. The largest absolute Gasteiger partial charge is 0.362 e. The van der Waals surface area contributed by atoms with Gasteiger partial charge in [0.15, 0.2) is 0 Å². The predicted molar refractivity (Wildman–Crippen MR) is 58.5 cm³/mol. The molecular formula is C13H16O2. The van der Waals surface area contributed by atoms with Crippen LogP contribution in [0, 0.1) is 5.41 Å². The van der Waals surface area contributed by atoms with E-state index < -0.39 is 0 Å². The van der Waals surface area contributed by atoms with E-state index in [1.165, 1.54) is 0 Å². The zero-order chi connectivity index (χ0) is 10.9. The van der Waals surface area contributed by atoms with Gasteiger partial charge in [0, 0.05) is 5.41 Å². The van der Waals surface area contributed by atoms with Crippen LogP contribution in [0.5, 0.6) is 0 Å². The van der Waals surface area contributed by atoms with Crippen LogP contribution in [-0.2, 0) is 9.53 Å². The summed E-state index contributed by atoms with van der Waals surface area (Å²) in [6.45, 7) is 4.16. The minimum atomic E-state index is -0.275. The number of carbonyl (C=O) groups excluding carboxylic acids is 1. The van der Waals surface area contributed by atoms with E-state index in [-0.39, 0.29) is 17.6 Å². The SMILES string of the molecule is CC1(C)CC(c2ccccc2)OC1C=O. The molecule has 0 radical (unpaired) electrons. The summed E-state index contributed by atoms with van der Waals surface area (Å²) in [5, 5.41) is 0. The Morgan fingerprint density at radius 3 is 2.53 bits per heavy atom. The van der Waals surface area contributed by atoms with Crippen LogP contribution >= 0.6 is 0 Å². The molecule has 2 heteroatoms. The van der Waals surface area contributed by atoms with Crippen LogP contribution in [0.3, 0.4) is 0 Å². The van der Waals surface area contributed by atoms with Gasteiger partial charge in [-0.25, -0.2) is 0 Å². The second-order valence-corrected chi connectivity index (χ2v) is 4.78. The summed E-state index contributed by atoms with van der Waals surface area (Å²) in [5.74, 6) is 0. The van der Waals surface area contributed by atoms with E-state index in [0.29, 0.717) is 0 Å². The fraction of sp³-hybridized carbons (Fsp3) is 0.462. The summed E-state index contributed by atoms with van der Waals surface area (Å²) in [6.07, 6.45) is 1.61. The Labute approximate surface area is 90.3 Å². The highest BCUT2D eigenvalue weighted by molar-refractivity contribution is 5.58. The molecule has 1 fully saturated rings. The Kier molecular flexibility index (Phi) is 2.61. The highest BCUT2D eigenvalue weighted by atomic mass is 16.5. The zero-order valence-corrected chi connectivity index (χ0v) is 9.14. The maximum Gasteiger partial charge on any atom is 0.149 e. The van der Waals surface area contributed by atoms with E-state index in [1.54, 1.807) is 0 Å². The van der Waals surface area contributed by atoms with Crippen molar-refractivity contribution in [2.45, 2.75) is 32.5 Å². The molecule has 15 heavy (non-hydrogen) atoms. The minimum absolute atomic E-state index is 0.0533. The quantitative estimate of drug-likeness (QED) is 0.692. The molecule has 2 atom stereocenters. The van der Waals surface area contributed by atoms with E-state index in [2.05, 4.69) is 13.8 Å². The van der Waals surface area contributed by atoms with Crippen LogP contribution in [0.15, 0.2) is 30.3 Å². The van der Waals surface area contributed by atoms with E-state index >= 15 is 0 Å². The Bertz CT molecular complexity index is 343. The van der Waals surface area contributed by atoms with Gasteiger partial charge < -0.3 is 9.53 Å². The molecule has 80 valence electrons. The van der Waals surface area contributed by atoms with Crippen molar-refractivity contribution in [3.05, 3.63) is 35.9 Å². The van der Waals surface area contributed by atoms with Crippen molar-refractivity contribution in [3.8, 4) is 0 Å². The molecule has 0 saturated carbocycles. The van der Waals surface area contributed by atoms with Gasteiger partial charge in [-0.2, -0.15) is 0 Å². The molecule has 1 heterocycles. The summed E-state index contributed by atoms with van der Waals surface area (Å²) < 4.78 is 5.74. The highest BCUT2D eigenvalue weighted by Gasteiger charge is 2.41. The third-order valence-electron chi connectivity index (χ3n) is 3.09. The number of aldehydes is 1. The lowest BCUT2D eigenvalue weighted by atomic mass is 9.83. The maximum atomic E-state index is 10.9. The fourth-order valence-corrected chi connectivity index (χ4v) is 2.08. The van der Waals surface area contributed by atoms with Crippen molar-refractivity contribution in [1.29, 1.82) is 0 Å². The number of ether oxygens (including phenoxy) is 1. The Morgan fingerprint density at radius 1 is 1.33 bits per heavy atom. The number of carbonyl (C=O) groups is 1. The lowest BCUT2D eigenvalue weighted by Gasteiger charge is -2.19. The summed E-state index contributed by atoms with van der Waals surface area (Å²) in [6, 6.07) is 10.1. The van der Waals surface area contributed by atoms with Gasteiger partial charge in [0.25, 0.3) is 0 Å². The Morgan fingerprint density at radius 2 is 2.00 bits per heavy atom. The molecule has 2 nitrogen and oxygen atoms in total. The molecule has 0 bridgehead atoms. The van der Waals surface area contributed by atoms with Crippen molar-refractivity contribution >= 4 is 6.29 Å². The minimum Gasteiger partial charge on any atom is -0.362 e. The molecule has 2 rings (SSSR count). The molecule has 0 N–H and O–H groups in total. The maximum absolute atomic E-state index is 10.9. The van der Waals surface area contributed by atoms with Gasteiger partial charge in [-0.05, 0) is 12.0 Å². The van der Waals surface area contributed by atoms with Gasteiger partial charge in [0.2, 0.25) is 0 Å². The van der Waals surface area contributed by atoms with Gasteiger partial charge in [0.1, 0.15) is 12.4 Å². The molecule has 0 aromatic heterocycles. The lowest BCUT2D eigenvalue weighted by molar-refractivity contribution is -0.120. The Hall–Kier alpha value is -1.15. The molecular weight excluding hydrogens is 188 g/mol. The average Bonchev–Trinajstić information content (AvgIpc) is 2.55. The molecule has 1 aliphatic heterocycles. The van der Waals surface area contributed by atoms with Crippen molar-refractivity contribution in [3.63, 3.8) is 0 Å². The third-order valence-corrected chi connectivity index (χ3v) is 3.09. The topological polar surface area (TPSA) is 26.3 Å². The van der Waals surface area contributed by atoms with Gasteiger partial charge in [0.05, 0.1) is 6.10 Å². The Balaban J connectivity index is 2.19. The number of hydrogen-bond acceptors (Lipinski definition) is 2. The summed E-state index contributed by atoms with van der Waals surface area (Å²) in [4.78, 5) is 10.9. The van der Waals surface area contributed by atoms with Gasteiger partial charge in [-0.1, -0.05) is 44.2 Å². The molecule has 1 aromatic rings. The smallest absolute Gasteiger partial charge is 0.149 e. The van der Waals surface area contributed by atoms with E-state index in [0.717, 1.165) is 18.3 Å². The molecule has 0 spiro atoms. The van der Waals surface area contributed by atoms with E-state index in [4.69, 9.17) is 4.74 Å². The average molecular weight is 204 g/mol. The molecule has 1 saturated heterocycles. The standard InChI is InChI=1S/C13H16O2/c1-13(2)8-11(15-12(13)9-14)10-6-4-3-5-7-10/h3-7,9,11-12H,8H2,1-2H3. The number of benzene rings is 1. The summed E-state index contributed by atoms with van der Waals surface area (Å²) in [7, 11) is 0. The van der Waals surface area contributed by atoms with Crippen molar-refractivity contribution < 1.29 is 9.53 Å². The molecule has 1 aromatic carbocycles. The first-order valence-electron chi connectivity index (χ1n) is 5.29. The number of rotatable bonds is 2. The van der Waals surface area contributed by atoms with Crippen LogP contribution in [0.4, 0.5) is 0 Å². The molecule has 1 aliphatic rings. The molecule has 0 amide bonds. The van der Waals surface area contributed by atoms with Crippen LogP contribution in [-0.4, -0.2) is 12.4 Å². The van der Waals surface area contributed by atoms with E-state index in [9.17, 15) is 4.79 Å². The second kappa shape index (κ2) is 3.78. The van der Waals surface area contributed by atoms with Crippen LogP contribution in [0.25, 0.3) is 0 Å². The summed E-state index contributed by atoms with van der Waals surface area (Å²) >= 11 is 0. The van der Waals surface area contributed by atoms with Gasteiger partial charge in [-0.15, -0.1) is 0 Å². The molecule has 0 aliphatic carbocycles. The van der Waals surface area contributed by atoms with Crippen molar-refractivity contribution in [2.24, 2.45) is 5.41 Å². The van der Waals surface area contributed by atoms with Crippen LogP contribution < -0.4 is 0 Å². The predicted octanol–water partition coefficient (Wildman–Crippen LogP) is 2.74. The molecule has 2 unspecified atom stereocenters. The first kappa shape index (κ1) is 10.4. The first-order valence-corrected chi connectivity index (χ1v) is 5.29. The van der Waals surface area contributed by atoms with Gasteiger partial charge in [-0.3, -0.25) is 0 Å². The van der Waals surface area contributed by atoms with Gasteiger partial charge >= 0.3 is 0 Å². The lowest BCUT2D eigenvalue weighted by Crippen LogP contribution is -2.25. The second-order valence-electron chi connectivity index (χ2n) is 4.78. The van der Waals surface area contributed by atoms with E-state index in [1.807, 2.05) is 30.3 Å². The number of hydrogen-bond donors (Lipinski definition) is 0. The first-order chi connectivity index (χ1) is 7.13. The highest BCUT2D eigenvalue weighted by Crippen LogP contribution is 2.44. The normalized spacial score (nSPS) is 28.9. The van der Waals surface area contributed by atoms with Crippen molar-refractivity contribution in [1.82, 2.24) is 0 Å². The van der Waals surface area contributed by atoms with Crippen LogP contribution in [0.2, 0.25) is 0 Å². The fourth-order valence-electron chi connectivity index (χ4n) is 2.08. The van der Waals surface area contributed by atoms with Crippen molar-refractivity contribution in [2.75, 3.05) is 0 Å². The third kappa shape index (κ3) is 1.95.